The number of methoxy groups -OCH3 is 1. The molecule has 162 valence electrons. The summed E-state index contributed by atoms with van der Waals surface area (Å²) < 4.78 is 17.2. The van der Waals surface area contributed by atoms with Crippen LogP contribution in [0.1, 0.15) is 18.9 Å². The van der Waals surface area contributed by atoms with Crippen LogP contribution in [0.4, 0.5) is 0 Å². The van der Waals surface area contributed by atoms with Gasteiger partial charge in [0, 0.05) is 32.1 Å². The molecule has 2 aromatic rings. The molecule has 6 heteroatoms. The SMILES string of the molecule is CN=C(NCC(C)Oc1cccc(OC)c1)N1CCC(COCc2ccccc2)C1. The van der Waals surface area contributed by atoms with E-state index >= 15 is 0 Å². The number of benzene rings is 2. The Morgan fingerprint density at radius 2 is 1.97 bits per heavy atom. The van der Waals surface area contributed by atoms with E-state index in [1.165, 1.54) is 5.56 Å². The van der Waals surface area contributed by atoms with Crippen LogP contribution in [-0.2, 0) is 11.3 Å². The number of nitrogens with zero attached hydrogens (tertiary/aromatic N) is 2. The molecule has 2 aromatic carbocycles. The van der Waals surface area contributed by atoms with E-state index in [0.29, 0.717) is 19.1 Å². The molecule has 0 saturated carbocycles. The lowest BCUT2D eigenvalue weighted by Crippen LogP contribution is -2.43. The predicted octanol–water partition coefficient (Wildman–Crippen LogP) is 3.58. The average Bonchev–Trinajstić information content (AvgIpc) is 3.24. The second kappa shape index (κ2) is 11.5. The molecular weight excluding hydrogens is 378 g/mol. The van der Waals surface area contributed by atoms with E-state index in [1.54, 1.807) is 7.11 Å². The van der Waals surface area contributed by atoms with E-state index in [9.17, 15) is 0 Å². The molecule has 6 nitrogen and oxygen atoms in total. The van der Waals surface area contributed by atoms with Gasteiger partial charge in [0.25, 0.3) is 0 Å². The Kier molecular flexibility index (Phi) is 8.39. The fraction of sp³-hybridized carbons (Fsp3) is 0.458. The molecular formula is C24H33N3O3. The summed E-state index contributed by atoms with van der Waals surface area (Å²) in [5.74, 6) is 3.04. The van der Waals surface area contributed by atoms with Gasteiger partial charge in [-0.1, -0.05) is 36.4 Å². The normalized spacial score (nSPS) is 17.6. The molecule has 0 aromatic heterocycles. The maximum absolute atomic E-state index is 5.99. The van der Waals surface area contributed by atoms with Crippen LogP contribution < -0.4 is 14.8 Å². The highest BCUT2D eigenvalue weighted by molar-refractivity contribution is 5.80. The second-order valence-electron chi connectivity index (χ2n) is 7.64. The maximum Gasteiger partial charge on any atom is 0.193 e. The van der Waals surface area contributed by atoms with Crippen molar-refractivity contribution in [2.45, 2.75) is 26.1 Å². The van der Waals surface area contributed by atoms with Gasteiger partial charge >= 0.3 is 0 Å². The molecule has 2 unspecified atom stereocenters. The van der Waals surface area contributed by atoms with Crippen molar-refractivity contribution in [1.82, 2.24) is 10.2 Å². The second-order valence-corrected chi connectivity index (χ2v) is 7.64. The Labute approximate surface area is 179 Å². The van der Waals surface area contributed by atoms with Crippen molar-refractivity contribution in [3.63, 3.8) is 0 Å². The van der Waals surface area contributed by atoms with Crippen molar-refractivity contribution < 1.29 is 14.2 Å². The summed E-state index contributed by atoms with van der Waals surface area (Å²) in [5, 5.41) is 3.44. The van der Waals surface area contributed by atoms with Crippen LogP contribution >= 0.6 is 0 Å². The van der Waals surface area contributed by atoms with E-state index < -0.39 is 0 Å². The van der Waals surface area contributed by atoms with Crippen molar-refractivity contribution in [2.75, 3.05) is 40.4 Å². The number of ether oxygens (including phenoxy) is 3. The van der Waals surface area contributed by atoms with Gasteiger partial charge in [-0.2, -0.15) is 0 Å². The van der Waals surface area contributed by atoms with Gasteiger partial charge in [0.05, 0.1) is 26.9 Å². The Bertz CT molecular complexity index is 797. The topological polar surface area (TPSA) is 55.3 Å². The van der Waals surface area contributed by atoms with Crippen LogP contribution in [0.2, 0.25) is 0 Å². The molecule has 0 aliphatic carbocycles. The lowest BCUT2D eigenvalue weighted by Gasteiger charge is -2.24. The van der Waals surface area contributed by atoms with Crippen molar-refractivity contribution in [1.29, 1.82) is 0 Å². The van der Waals surface area contributed by atoms with Gasteiger partial charge in [-0.25, -0.2) is 0 Å². The minimum atomic E-state index is 0.00135. The van der Waals surface area contributed by atoms with Gasteiger partial charge in [-0.15, -0.1) is 0 Å². The first-order chi connectivity index (χ1) is 14.7. The molecule has 1 heterocycles. The number of nitrogens with one attached hydrogen (secondary N) is 1. The minimum Gasteiger partial charge on any atom is -0.497 e. The fourth-order valence-corrected chi connectivity index (χ4v) is 3.59. The van der Waals surface area contributed by atoms with Crippen molar-refractivity contribution in [3.05, 3.63) is 60.2 Å². The first-order valence-electron chi connectivity index (χ1n) is 10.6. The summed E-state index contributed by atoms with van der Waals surface area (Å²) in [5.41, 5.74) is 1.22. The number of likely N-dealkylation sites (tertiary alicyclic amines) is 1. The Morgan fingerprint density at radius 3 is 2.73 bits per heavy atom. The fourth-order valence-electron chi connectivity index (χ4n) is 3.59. The predicted molar refractivity (Wildman–Crippen MR) is 120 cm³/mol. The molecule has 1 aliphatic rings. The lowest BCUT2D eigenvalue weighted by atomic mass is 10.1. The van der Waals surface area contributed by atoms with Crippen molar-refractivity contribution in [3.8, 4) is 11.5 Å². The van der Waals surface area contributed by atoms with E-state index in [1.807, 2.05) is 56.4 Å². The van der Waals surface area contributed by atoms with Crippen LogP contribution in [0.3, 0.4) is 0 Å². The van der Waals surface area contributed by atoms with Crippen molar-refractivity contribution in [2.24, 2.45) is 10.9 Å². The smallest absolute Gasteiger partial charge is 0.193 e. The zero-order chi connectivity index (χ0) is 21.2. The van der Waals surface area contributed by atoms with Gasteiger partial charge in [0.1, 0.15) is 17.6 Å². The highest BCUT2D eigenvalue weighted by Gasteiger charge is 2.25. The number of hydrogen-bond donors (Lipinski definition) is 1. The molecule has 1 aliphatic heterocycles. The largest absolute Gasteiger partial charge is 0.497 e. The number of rotatable bonds is 9. The standard InChI is InChI=1S/C24H33N3O3/c1-19(30-23-11-7-10-22(14-23)28-3)15-26-24(25-2)27-13-12-21(16-27)18-29-17-20-8-5-4-6-9-20/h4-11,14,19,21H,12-13,15-18H2,1-3H3,(H,25,26). The monoisotopic (exact) mass is 411 g/mol. The van der Waals surface area contributed by atoms with Gasteiger partial charge in [-0.3, -0.25) is 4.99 Å². The molecule has 30 heavy (non-hydrogen) atoms. The third kappa shape index (κ3) is 6.66. The minimum absolute atomic E-state index is 0.00135. The van der Waals surface area contributed by atoms with E-state index in [-0.39, 0.29) is 6.10 Å². The quantitative estimate of drug-likeness (QED) is 0.505. The van der Waals surface area contributed by atoms with E-state index in [0.717, 1.165) is 43.6 Å². The summed E-state index contributed by atoms with van der Waals surface area (Å²) in [6.07, 6.45) is 1.12. The summed E-state index contributed by atoms with van der Waals surface area (Å²) in [6, 6.07) is 18.0. The maximum atomic E-state index is 5.99. The summed E-state index contributed by atoms with van der Waals surface area (Å²) in [6.45, 7) is 6.12. The molecule has 1 N–H and O–H groups in total. The molecule has 1 saturated heterocycles. The summed E-state index contributed by atoms with van der Waals surface area (Å²) >= 11 is 0. The zero-order valence-corrected chi connectivity index (χ0v) is 18.2. The Hall–Kier alpha value is -2.73. The molecule has 0 amide bonds. The molecule has 0 bridgehead atoms. The van der Waals surface area contributed by atoms with Gasteiger partial charge < -0.3 is 24.4 Å². The molecule has 1 fully saturated rings. The number of guanidine groups is 1. The lowest BCUT2D eigenvalue weighted by molar-refractivity contribution is 0.0906. The molecule has 2 atom stereocenters. The summed E-state index contributed by atoms with van der Waals surface area (Å²) in [7, 11) is 3.49. The van der Waals surface area contributed by atoms with Crippen LogP contribution in [-0.4, -0.2) is 57.4 Å². The third-order valence-corrected chi connectivity index (χ3v) is 5.19. The average molecular weight is 412 g/mol. The van der Waals surface area contributed by atoms with Gasteiger partial charge in [-0.05, 0) is 31.0 Å². The van der Waals surface area contributed by atoms with Crippen molar-refractivity contribution >= 4 is 5.96 Å². The zero-order valence-electron chi connectivity index (χ0n) is 18.2. The first-order valence-corrected chi connectivity index (χ1v) is 10.6. The van der Waals surface area contributed by atoms with Gasteiger partial charge in [0.15, 0.2) is 5.96 Å². The van der Waals surface area contributed by atoms with Gasteiger partial charge in [0.2, 0.25) is 0 Å². The highest BCUT2D eigenvalue weighted by atomic mass is 16.5. The van der Waals surface area contributed by atoms with E-state index in [4.69, 9.17) is 14.2 Å². The Morgan fingerprint density at radius 1 is 1.17 bits per heavy atom. The highest BCUT2D eigenvalue weighted by Crippen LogP contribution is 2.20. The number of hydrogen-bond acceptors (Lipinski definition) is 4. The first kappa shape index (κ1) is 22.0. The Balaban J connectivity index is 1.39. The molecule has 0 spiro atoms. The third-order valence-electron chi connectivity index (χ3n) is 5.19. The molecule has 3 rings (SSSR count). The van der Waals surface area contributed by atoms with Crippen LogP contribution in [0.25, 0.3) is 0 Å². The van der Waals surface area contributed by atoms with E-state index in [2.05, 4.69) is 27.3 Å². The summed E-state index contributed by atoms with van der Waals surface area (Å²) in [4.78, 5) is 6.75. The van der Waals surface area contributed by atoms with Crippen LogP contribution in [0.15, 0.2) is 59.6 Å². The molecule has 0 radical (unpaired) electrons. The van der Waals surface area contributed by atoms with Crippen LogP contribution in [0.5, 0.6) is 11.5 Å². The number of aliphatic imine (C=N–C) groups is 1. The van der Waals surface area contributed by atoms with Crippen LogP contribution in [0, 0.1) is 5.92 Å².